The number of H-pyrrole nitrogens is 1. The predicted molar refractivity (Wildman–Crippen MR) is 76.1 cm³/mol. The van der Waals surface area contributed by atoms with Gasteiger partial charge in [-0.3, -0.25) is 4.79 Å². The Balaban J connectivity index is 2.20. The molecule has 1 aromatic heterocycles. The van der Waals surface area contributed by atoms with Crippen molar-refractivity contribution in [3.63, 3.8) is 0 Å². The first kappa shape index (κ1) is 14.6. The van der Waals surface area contributed by atoms with E-state index in [1.165, 1.54) is 0 Å². The van der Waals surface area contributed by atoms with Crippen LogP contribution in [0, 0.1) is 19.8 Å². The zero-order chi connectivity index (χ0) is 14.9. The molecule has 0 bridgehead atoms. The predicted octanol–water partition coefficient (Wildman–Crippen LogP) is 2.59. The van der Waals surface area contributed by atoms with Crippen LogP contribution in [0.5, 0.6) is 0 Å². The largest absolute Gasteiger partial charge is 0.477 e. The maximum Gasteiger partial charge on any atom is 0.352 e. The summed E-state index contributed by atoms with van der Waals surface area (Å²) in [5.41, 5.74) is 1.83. The van der Waals surface area contributed by atoms with E-state index < -0.39 is 5.97 Å². The molecule has 0 aromatic carbocycles. The van der Waals surface area contributed by atoms with E-state index in [9.17, 15) is 9.59 Å². The second-order valence-corrected chi connectivity index (χ2v) is 5.62. The Morgan fingerprint density at radius 1 is 1.40 bits per heavy atom. The van der Waals surface area contributed by atoms with Gasteiger partial charge in [0, 0.05) is 18.8 Å². The van der Waals surface area contributed by atoms with Gasteiger partial charge in [0.2, 0.25) is 0 Å². The fraction of sp³-hybridized carbons (Fsp3) is 0.600. The van der Waals surface area contributed by atoms with Crippen molar-refractivity contribution < 1.29 is 14.7 Å². The Kier molecular flexibility index (Phi) is 4.16. The van der Waals surface area contributed by atoms with Gasteiger partial charge in [0.15, 0.2) is 0 Å². The van der Waals surface area contributed by atoms with Gasteiger partial charge in [-0.1, -0.05) is 13.3 Å². The number of hydrogen-bond acceptors (Lipinski definition) is 2. The lowest BCUT2D eigenvalue weighted by atomic mass is 10.0. The highest BCUT2D eigenvalue weighted by atomic mass is 16.4. The maximum atomic E-state index is 12.6. The quantitative estimate of drug-likeness (QED) is 0.889. The number of aromatic amines is 1. The molecule has 1 atom stereocenters. The van der Waals surface area contributed by atoms with Crippen LogP contribution in [-0.4, -0.2) is 40.0 Å². The molecule has 1 aromatic rings. The number of amides is 1. The van der Waals surface area contributed by atoms with E-state index in [4.69, 9.17) is 5.11 Å². The number of rotatable bonds is 4. The van der Waals surface area contributed by atoms with Crippen LogP contribution in [0.3, 0.4) is 0 Å². The Labute approximate surface area is 119 Å². The molecule has 2 rings (SSSR count). The highest BCUT2D eigenvalue weighted by Gasteiger charge is 2.30. The Hall–Kier alpha value is -1.78. The van der Waals surface area contributed by atoms with Crippen molar-refractivity contribution in [3.05, 3.63) is 22.5 Å². The summed E-state index contributed by atoms with van der Waals surface area (Å²) in [6.07, 6.45) is 3.33. The lowest BCUT2D eigenvalue weighted by molar-refractivity contribution is 0.0690. The number of carbonyl (C=O) groups is 2. The molecule has 0 aliphatic carbocycles. The molecular formula is C15H22N2O3. The number of nitrogens with zero attached hydrogens (tertiary/aromatic N) is 1. The zero-order valence-corrected chi connectivity index (χ0v) is 12.3. The van der Waals surface area contributed by atoms with Gasteiger partial charge in [0.05, 0.1) is 5.56 Å². The van der Waals surface area contributed by atoms with Gasteiger partial charge >= 0.3 is 5.97 Å². The van der Waals surface area contributed by atoms with E-state index in [-0.39, 0.29) is 11.6 Å². The average molecular weight is 278 g/mol. The molecule has 5 nitrogen and oxygen atoms in total. The number of carboxylic acids is 1. The molecule has 1 fully saturated rings. The van der Waals surface area contributed by atoms with Gasteiger partial charge in [0.1, 0.15) is 5.69 Å². The topological polar surface area (TPSA) is 73.4 Å². The number of aryl methyl sites for hydroxylation is 1. The standard InChI is InChI=1S/C15H22N2O3/c1-4-5-11-6-7-17(8-11)14(18)12-9(2)13(15(19)20)16-10(12)3/h11,16H,4-8H2,1-3H3,(H,19,20). The van der Waals surface area contributed by atoms with Crippen LogP contribution >= 0.6 is 0 Å². The summed E-state index contributed by atoms with van der Waals surface area (Å²) in [5.74, 6) is -0.472. The smallest absolute Gasteiger partial charge is 0.352 e. The Morgan fingerprint density at radius 3 is 2.65 bits per heavy atom. The molecule has 1 aliphatic heterocycles. The molecule has 2 N–H and O–H groups in total. The minimum absolute atomic E-state index is 0.0395. The number of hydrogen-bond donors (Lipinski definition) is 2. The molecule has 5 heteroatoms. The van der Waals surface area contributed by atoms with E-state index in [1.54, 1.807) is 13.8 Å². The lowest BCUT2D eigenvalue weighted by Gasteiger charge is -2.17. The van der Waals surface area contributed by atoms with Gasteiger partial charge in [-0.15, -0.1) is 0 Å². The average Bonchev–Trinajstić information content (AvgIpc) is 2.95. The lowest BCUT2D eigenvalue weighted by Crippen LogP contribution is -2.29. The summed E-state index contributed by atoms with van der Waals surface area (Å²) in [4.78, 5) is 28.4. The zero-order valence-electron chi connectivity index (χ0n) is 12.3. The minimum Gasteiger partial charge on any atom is -0.477 e. The molecule has 1 aliphatic rings. The summed E-state index contributed by atoms with van der Waals surface area (Å²) in [6.45, 7) is 7.17. The fourth-order valence-electron chi connectivity index (χ4n) is 3.10. The summed E-state index contributed by atoms with van der Waals surface area (Å²) < 4.78 is 0. The van der Waals surface area contributed by atoms with Crippen LogP contribution in [0.2, 0.25) is 0 Å². The molecule has 1 amide bonds. The first-order chi connectivity index (χ1) is 9.45. The number of carboxylic acid groups (broad SMARTS) is 1. The van der Waals surface area contributed by atoms with Crippen LogP contribution in [-0.2, 0) is 0 Å². The molecule has 110 valence electrons. The number of likely N-dealkylation sites (tertiary alicyclic amines) is 1. The summed E-state index contributed by atoms with van der Waals surface area (Å²) in [7, 11) is 0. The van der Waals surface area contributed by atoms with E-state index in [0.29, 0.717) is 22.7 Å². The first-order valence-electron chi connectivity index (χ1n) is 7.17. The van der Waals surface area contributed by atoms with Gasteiger partial charge < -0.3 is 15.0 Å². The number of aromatic carboxylic acids is 1. The second kappa shape index (κ2) is 5.69. The van der Waals surface area contributed by atoms with Crippen LogP contribution in [0.15, 0.2) is 0 Å². The van der Waals surface area contributed by atoms with Gasteiger partial charge in [-0.2, -0.15) is 0 Å². The third-order valence-corrected chi connectivity index (χ3v) is 4.14. The number of carbonyl (C=O) groups excluding carboxylic acids is 1. The van der Waals surface area contributed by atoms with Crippen molar-refractivity contribution in [2.24, 2.45) is 5.92 Å². The van der Waals surface area contributed by atoms with Crippen LogP contribution in [0.25, 0.3) is 0 Å². The monoisotopic (exact) mass is 278 g/mol. The van der Waals surface area contributed by atoms with E-state index in [2.05, 4.69) is 11.9 Å². The summed E-state index contributed by atoms with van der Waals surface area (Å²) in [5, 5.41) is 9.11. The minimum atomic E-state index is -1.02. The van der Waals surface area contributed by atoms with Crippen molar-refractivity contribution >= 4 is 11.9 Å². The SMILES string of the molecule is CCCC1CCN(C(=O)c2c(C)[nH]c(C(=O)O)c2C)C1. The molecule has 20 heavy (non-hydrogen) atoms. The molecule has 0 spiro atoms. The van der Waals surface area contributed by atoms with Gasteiger partial charge in [0.25, 0.3) is 5.91 Å². The van der Waals surface area contributed by atoms with E-state index in [1.807, 2.05) is 4.90 Å². The molecule has 2 heterocycles. The molecule has 0 saturated carbocycles. The third-order valence-electron chi connectivity index (χ3n) is 4.14. The van der Waals surface area contributed by atoms with Crippen LogP contribution in [0.1, 0.15) is 58.3 Å². The number of nitrogens with one attached hydrogen (secondary N) is 1. The third kappa shape index (κ3) is 2.57. The van der Waals surface area contributed by atoms with Gasteiger partial charge in [-0.05, 0) is 38.2 Å². The first-order valence-corrected chi connectivity index (χ1v) is 7.17. The summed E-state index contributed by atoms with van der Waals surface area (Å²) in [6, 6.07) is 0. The van der Waals surface area contributed by atoms with Crippen LogP contribution in [0.4, 0.5) is 0 Å². The number of aromatic nitrogens is 1. The van der Waals surface area contributed by atoms with Gasteiger partial charge in [-0.25, -0.2) is 4.79 Å². The van der Waals surface area contributed by atoms with Crippen molar-refractivity contribution in [1.29, 1.82) is 0 Å². The molecular weight excluding hydrogens is 256 g/mol. The molecule has 1 unspecified atom stereocenters. The Bertz CT molecular complexity index is 533. The molecule has 1 saturated heterocycles. The maximum absolute atomic E-state index is 12.6. The van der Waals surface area contributed by atoms with E-state index >= 15 is 0 Å². The highest BCUT2D eigenvalue weighted by Crippen LogP contribution is 2.25. The van der Waals surface area contributed by atoms with Crippen molar-refractivity contribution in [2.45, 2.75) is 40.0 Å². The van der Waals surface area contributed by atoms with Crippen molar-refractivity contribution in [2.75, 3.05) is 13.1 Å². The normalized spacial score (nSPS) is 18.6. The highest BCUT2D eigenvalue weighted by molar-refractivity contribution is 6.00. The Morgan fingerprint density at radius 2 is 2.10 bits per heavy atom. The van der Waals surface area contributed by atoms with Crippen LogP contribution < -0.4 is 0 Å². The summed E-state index contributed by atoms with van der Waals surface area (Å²) >= 11 is 0. The molecule has 0 radical (unpaired) electrons. The van der Waals surface area contributed by atoms with Crippen molar-refractivity contribution in [1.82, 2.24) is 9.88 Å². The fourth-order valence-corrected chi connectivity index (χ4v) is 3.10. The van der Waals surface area contributed by atoms with E-state index in [0.717, 1.165) is 32.4 Å². The van der Waals surface area contributed by atoms with Crippen molar-refractivity contribution in [3.8, 4) is 0 Å². The second-order valence-electron chi connectivity index (χ2n) is 5.62.